The van der Waals surface area contributed by atoms with Crippen molar-refractivity contribution in [1.29, 1.82) is 0 Å². The van der Waals surface area contributed by atoms with Crippen LogP contribution in [-0.4, -0.2) is 35.6 Å². The van der Waals surface area contributed by atoms with Crippen LogP contribution in [0.25, 0.3) is 11.3 Å². The summed E-state index contributed by atoms with van der Waals surface area (Å²) in [5.41, 5.74) is 1.71. The zero-order valence-corrected chi connectivity index (χ0v) is 14.9. The Labute approximate surface area is 154 Å². The number of benzene rings is 1. The van der Waals surface area contributed by atoms with Gasteiger partial charge in [0.25, 0.3) is 6.08 Å². The first kappa shape index (κ1) is 20.1. The first-order chi connectivity index (χ1) is 12.9. The summed E-state index contributed by atoms with van der Waals surface area (Å²) in [6.07, 6.45) is -1.64. The number of hydrogen-bond acceptors (Lipinski definition) is 5. The molecule has 1 aromatic carbocycles. The number of anilines is 1. The van der Waals surface area contributed by atoms with E-state index in [0.717, 1.165) is 6.08 Å². The van der Waals surface area contributed by atoms with Crippen LogP contribution in [0.3, 0.4) is 0 Å². The maximum Gasteiger partial charge on any atom is 0.411 e. The summed E-state index contributed by atoms with van der Waals surface area (Å²) in [7, 11) is 1.25. The molecule has 0 spiro atoms. The molecule has 9 heteroatoms. The lowest BCUT2D eigenvalue weighted by atomic mass is 10.1. The van der Waals surface area contributed by atoms with Gasteiger partial charge in [-0.3, -0.25) is 10.00 Å². The Morgan fingerprint density at radius 2 is 2.07 bits per heavy atom. The zero-order chi connectivity index (χ0) is 19.8. The third kappa shape index (κ3) is 5.63. The summed E-state index contributed by atoms with van der Waals surface area (Å²) in [4.78, 5) is 23.5. The van der Waals surface area contributed by atoms with E-state index in [2.05, 4.69) is 15.2 Å². The normalized spacial score (nSPS) is 10.2. The van der Waals surface area contributed by atoms with Gasteiger partial charge in [0.2, 0.25) is 0 Å². The predicted molar refractivity (Wildman–Crippen MR) is 94.6 cm³/mol. The Kier molecular flexibility index (Phi) is 7.04. The van der Waals surface area contributed by atoms with Crippen molar-refractivity contribution in [2.75, 3.05) is 19.0 Å². The largest absolute Gasteiger partial charge is 0.461 e. The number of amides is 1. The fourth-order valence-electron chi connectivity index (χ4n) is 2.32. The minimum Gasteiger partial charge on any atom is -0.461 e. The van der Waals surface area contributed by atoms with Gasteiger partial charge in [-0.1, -0.05) is 12.1 Å². The summed E-state index contributed by atoms with van der Waals surface area (Å²) in [5.74, 6) is -0.593. The van der Waals surface area contributed by atoms with Crippen molar-refractivity contribution < 1.29 is 27.8 Å². The average molecular weight is 379 g/mol. The molecule has 0 atom stereocenters. The van der Waals surface area contributed by atoms with Gasteiger partial charge in [0, 0.05) is 17.8 Å². The first-order valence-corrected chi connectivity index (χ1v) is 8.16. The van der Waals surface area contributed by atoms with E-state index in [-0.39, 0.29) is 25.3 Å². The molecule has 0 saturated heterocycles. The molecule has 0 radical (unpaired) electrons. The molecular weight excluding hydrogens is 360 g/mol. The van der Waals surface area contributed by atoms with Gasteiger partial charge in [0.1, 0.15) is 5.69 Å². The highest BCUT2D eigenvalue weighted by molar-refractivity contribution is 5.89. The Morgan fingerprint density at radius 1 is 1.30 bits per heavy atom. The van der Waals surface area contributed by atoms with Crippen molar-refractivity contribution in [2.45, 2.75) is 19.9 Å². The van der Waals surface area contributed by atoms with Crippen LogP contribution in [0, 0.1) is 0 Å². The van der Waals surface area contributed by atoms with Gasteiger partial charge in [-0.05, 0) is 37.6 Å². The van der Waals surface area contributed by atoms with Gasteiger partial charge < -0.3 is 9.47 Å². The van der Waals surface area contributed by atoms with E-state index < -0.39 is 18.1 Å². The Hall–Kier alpha value is -3.23. The number of hydrogen-bond donors (Lipinski definition) is 1. The van der Waals surface area contributed by atoms with Gasteiger partial charge >= 0.3 is 12.1 Å². The zero-order valence-electron chi connectivity index (χ0n) is 14.9. The number of ether oxygens (including phenoxy) is 2. The number of nitrogens with one attached hydrogen (secondary N) is 1. The monoisotopic (exact) mass is 379 g/mol. The third-order valence-electron chi connectivity index (χ3n) is 3.49. The smallest absolute Gasteiger partial charge is 0.411 e. The molecule has 0 aliphatic heterocycles. The average Bonchev–Trinajstić information content (AvgIpc) is 3.06. The molecule has 1 amide bonds. The van der Waals surface area contributed by atoms with E-state index in [4.69, 9.17) is 4.74 Å². The van der Waals surface area contributed by atoms with Crippen LogP contribution in [-0.2, 0) is 16.0 Å². The standard InChI is InChI=1S/C18H19F2N3O4/c1-3-27-17(24)15-11-14(22-23(15)9-5-8-16(19)20)12-6-4-7-13(10-12)21-18(25)26-2/h4,6-8,10-11H,3,5,9H2,1-2H3,(H,21,25). The van der Waals surface area contributed by atoms with Crippen molar-refractivity contribution >= 4 is 17.7 Å². The SMILES string of the molecule is CCOC(=O)c1cc(-c2cccc(NC(=O)OC)c2)nn1CCC=C(F)F. The first-order valence-electron chi connectivity index (χ1n) is 8.16. The molecule has 27 heavy (non-hydrogen) atoms. The molecule has 2 aromatic rings. The predicted octanol–water partition coefficient (Wildman–Crippen LogP) is 4.08. The topological polar surface area (TPSA) is 82.4 Å². The Morgan fingerprint density at radius 3 is 2.74 bits per heavy atom. The van der Waals surface area contributed by atoms with Crippen LogP contribution in [0.2, 0.25) is 0 Å². The molecule has 144 valence electrons. The fraction of sp³-hybridized carbons (Fsp3) is 0.278. The highest BCUT2D eigenvalue weighted by Crippen LogP contribution is 2.23. The molecule has 0 unspecified atom stereocenters. The number of rotatable bonds is 7. The molecule has 1 aromatic heterocycles. The van der Waals surface area contributed by atoms with Crippen molar-refractivity contribution in [2.24, 2.45) is 0 Å². The molecule has 1 N–H and O–H groups in total. The minimum atomic E-state index is -1.79. The second kappa shape index (κ2) is 9.46. The quantitative estimate of drug-likeness (QED) is 0.733. The molecule has 0 aliphatic rings. The lowest BCUT2D eigenvalue weighted by Gasteiger charge is -2.05. The van der Waals surface area contributed by atoms with Crippen LogP contribution >= 0.6 is 0 Å². The van der Waals surface area contributed by atoms with Crippen LogP contribution in [0.1, 0.15) is 23.8 Å². The molecule has 1 heterocycles. The van der Waals surface area contributed by atoms with Crippen molar-refractivity contribution in [3.63, 3.8) is 0 Å². The number of aromatic nitrogens is 2. The number of halogens is 2. The third-order valence-corrected chi connectivity index (χ3v) is 3.49. The number of aryl methyl sites for hydroxylation is 1. The van der Waals surface area contributed by atoms with Crippen LogP contribution < -0.4 is 5.32 Å². The van der Waals surface area contributed by atoms with Crippen molar-refractivity contribution in [1.82, 2.24) is 9.78 Å². The summed E-state index contributed by atoms with van der Waals surface area (Å²) in [6, 6.07) is 8.28. The van der Waals surface area contributed by atoms with E-state index in [1.165, 1.54) is 17.9 Å². The molecule has 0 aliphatic carbocycles. The fourth-order valence-corrected chi connectivity index (χ4v) is 2.32. The summed E-state index contributed by atoms with van der Waals surface area (Å²) in [5, 5.41) is 6.85. The van der Waals surface area contributed by atoms with Crippen LogP contribution in [0.4, 0.5) is 19.3 Å². The van der Waals surface area contributed by atoms with Gasteiger partial charge in [-0.25, -0.2) is 9.59 Å². The van der Waals surface area contributed by atoms with E-state index >= 15 is 0 Å². The van der Waals surface area contributed by atoms with E-state index in [0.29, 0.717) is 16.9 Å². The highest BCUT2D eigenvalue weighted by atomic mass is 19.3. The van der Waals surface area contributed by atoms with E-state index in [9.17, 15) is 18.4 Å². The lowest BCUT2D eigenvalue weighted by molar-refractivity contribution is 0.0512. The van der Waals surface area contributed by atoms with Gasteiger partial charge in [0.15, 0.2) is 0 Å². The lowest BCUT2D eigenvalue weighted by Crippen LogP contribution is -2.13. The van der Waals surface area contributed by atoms with Crippen molar-refractivity contribution in [3.05, 3.63) is 48.2 Å². The highest BCUT2D eigenvalue weighted by Gasteiger charge is 2.17. The number of allylic oxidation sites excluding steroid dienone is 1. The number of carbonyl (C=O) groups excluding carboxylic acids is 2. The number of carbonyl (C=O) groups is 2. The number of esters is 1. The maximum atomic E-state index is 12.3. The Bertz CT molecular complexity index is 845. The number of methoxy groups -OCH3 is 1. The Balaban J connectivity index is 2.33. The van der Waals surface area contributed by atoms with Gasteiger partial charge in [-0.15, -0.1) is 0 Å². The van der Waals surface area contributed by atoms with Gasteiger partial charge in [-0.2, -0.15) is 13.9 Å². The second-order valence-corrected chi connectivity index (χ2v) is 5.34. The maximum absolute atomic E-state index is 12.3. The van der Waals surface area contributed by atoms with Crippen LogP contribution in [0.5, 0.6) is 0 Å². The summed E-state index contributed by atoms with van der Waals surface area (Å²) >= 11 is 0. The van der Waals surface area contributed by atoms with Crippen LogP contribution in [0.15, 0.2) is 42.5 Å². The van der Waals surface area contributed by atoms with Gasteiger partial charge in [0.05, 0.1) is 19.4 Å². The minimum absolute atomic E-state index is 0.0137. The molecule has 0 fully saturated rings. The molecule has 7 nitrogen and oxygen atoms in total. The molecule has 2 rings (SSSR count). The second-order valence-electron chi connectivity index (χ2n) is 5.34. The molecule has 0 bridgehead atoms. The molecular formula is C18H19F2N3O4. The van der Waals surface area contributed by atoms with E-state index in [1.807, 2.05) is 0 Å². The number of nitrogens with zero attached hydrogens (tertiary/aromatic N) is 2. The molecule has 0 saturated carbocycles. The summed E-state index contributed by atoms with van der Waals surface area (Å²) < 4.78 is 35.4. The summed E-state index contributed by atoms with van der Waals surface area (Å²) in [6.45, 7) is 1.94. The van der Waals surface area contributed by atoms with Crippen molar-refractivity contribution in [3.8, 4) is 11.3 Å². The van der Waals surface area contributed by atoms with E-state index in [1.54, 1.807) is 31.2 Å².